The van der Waals surface area contributed by atoms with E-state index in [9.17, 15) is 4.79 Å². The molecule has 1 unspecified atom stereocenters. The molecule has 2 rings (SSSR count). The SMILES string of the molecule is CC(=O)Cc1coc(C2CCCCO2)n1. The van der Waals surface area contributed by atoms with Crippen molar-refractivity contribution in [1.29, 1.82) is 0 Å². The molecule has 0 aromatic carbocycles. The maximum atomic E-state index is 10.9. The van der Waals surface area contributed by atoms with Crippen LogP contribution in [0.4, 0.5) is 0 Å². The van der Waals surface area contributed by atoms with Crippen molar-refractivity contribution in [3.63, 3.8) is 0 Å². The molecule has 0 N–H and O–H groups in total. The number of ketones is 1. The zero-order valence-electron chi connectivity index (χ0n) is 8.86. The van der Waals surface area contributed by atoms with Crippen LogP contribution in [0.25, 0.3) is 0 Å². The first-order valence-electron chi connectivity index (χ1n) is 5.31. The topological polar surface area (TPSA) is 52.3 Å². The fourth-order valence-electron chi connectivity index (χ4n) is 1.74. The van der Waals surface area contributed by atoms with Gasteiger partial charge in [0.05, 0.1) is 12.1 Å². The third-order valence-electron chi connectivity index (χ3n) is 2.45. The van der Waals surface area contributed by atoms with Gasteiger partial charge in [-0.15, -0.1) is 0 Å². The number of hydrogen-bond acceptors (Lipinski definition) is 4. The molecular formula is C11H15NO3. The predicted molar refractivity (Wildman–Crippen MR) is 53.4 cm³/mol. The Bertz CT molecular complexity index is 339. The van der Waals surface area contributed by atoms with Crippen LogP contribution in [0.5, 0.6) is 0 Å². The molecule has 1 aliphatic rings. The fraction of sp³-hybridized carbons (Fsp3) is 0.636. The maximum Gasteiger partial charge on any atom is 0.223 e. The third-order valence-corrected chi connectivity index (χ3v) is 2.45. The molecule has 2 heterocycles. The Morgan fingerprint density at radius 3 is 3.13 bits per heavy atom. The second-order valence-electron chi connectivity index (χ2n) is 3.91. The molecule has 0 saturated carbocycles. The van der Waals surface area contributed by atoms with E-state index in [1.54, 1.807) is 13.2 Å². The summed E-state index contributed by atoms with van der Waals surface area (Å²) in [6.45, 7) is 2.32. The van der Waals surface area contributed by atoms with Gasteiger partial charge in [0.1, 0.15) is 18.2 Å². The van der Waals surface area contributed by atoms with E-state index in [2.05, 4.69) is 4.98 Å². The van der Waals surface area contributed by atoms with Gasteiger partial charge in [0.25, 0.3) is 0 Å². The number of carbonyl (C=O) groups is 1. The molecule has 15 heavy (non-hydrogen) atoms. The maximum absolute atomic E-state index is 10.9. The first kappa shape index (κ1) is 10.4. The molecule has 1 aromatic rings. The molecular weight excluding hydrogens is 194 g/mol. The normalized spacial score (nSPS) is 21.5. The largest absolute Gasteiger partial charge is 0.446 e. The lowest BCUT2D eigenvalue weighted by Gasteiger charge is -2.19. The molecule has 0 amide bonds. The minimum Gasteiger partial charge on any atom is -0.446 e. The van der Waals surface area contributed by atoms with Crippen molar-refractivity contribution in [1.82, 2.24) is 4.98 Å². The van der Waals surface area contributed by atoms with E-state index < -0.39 is 0 Å². The quantitative estimate of drug-likeness (QED) is 0.764. The molecule has 0 bridgehead atoms. The molecule has 0 spiro atoms. The Balaban J connectivity index is 2.02. The van der Waals surface area contributed by atoms with Gasteiger partial charge in [-0.25, -0.2) is 4.98 Å². The summed E-state index contributed by atoms with van der Waals surface area (Å²) in [6.07, 6.45) is 5.09. The molecule has 1 aliphatic heterocycles. The Hall–Kier alpha value is -1.16. The smallest absolute Gasteiger partial charge is 0.223 e. The Morgan fingerprint density at radius 2 is 2.47 bits per heavy atom. The zero-order valence-corrected chi connectivity index (χ0v) is 8.86. The second-order valence-corrected chi connectivity index (χ2v) is 3.91. The molecule has 1 fully saturated rings. The Labute approximate surface area is 88.6 Å². The van der Waals surface area contributed by atoms with Crippen LogP contribution in [-0.4, -0.2) is 17.4 Å². The summed E-state index contributed by atoms with van der Waals surface area (Å²) in [5.41, 5.74) is 0.701. The van der Waals surface area contributed by atoms with Crippen molar-refractivity contribution in [3.05, 3.63) is 17.8 Å². The van der Waals surface area contributed by atoms with Gasteiger partial charge in [0, 0.05) is 6.61 Å². The van der Waals surface area contributed by atoms with E-state index in [4.69, 9.17) is 9.15 Å². The molecule has 4 nitrogen and oxygen atoms in total. The fourth-order valence-corrected chi connectivity index (χ4v) is 1.74. The van der Waals surface area contributed by atoms with Gasteiger partial charge in [0.2, 0.25) is 5.89 Å². The van der Waals surface area contributed by atoms with Gasteiger partial charge in [-0.05, 0) is 26.2 Å². The number of nitrogens with zero attached hydrogens (tertiary/aromatic N) is 1. The minimum atomic E-state index is -0.0144. The van der Waals surface area contributed by atoms with Crippen molar-refractivity contribution >= 4 is 5.78 Å². The van der Waals surface area contributed by atoms with Crippen LogP contribution in [0.2, 0.25) is 0 Å². The molecule has 82 valence electrons. The van der Waals surface area contributed by atoms with Crippen molar-refractivity contribution in [2.24, 2.45) is 0 Å². The first-order chi connectivity index (χ1) is 7.25. The number of hydrogen-bond donors (Lipinski definition) is 0. The van der Waals surface area contributed by atoms with Crippen LogP contribution < -0.4 is 0 Å². The van der Waals surface area contributed by atoms with E-state index in [1.165, 1.54) is 0 Å². The number of ether oxygens (including phenoxy) is 1. The van der Waals surface area contributed by atoms with Crippen LogP contribution in [0.15, 0.2) is 10.7 Å². The number of Topliss-reactive ketones (excluding diaryl/α,β-unsaturated/α-hetero) is 1. The van der Waals surface area contributed by atoms with Gasteiger partial charge >= 0.3 is 0 Å². The summed E-state index contributed by atoms with van der Waals surface area (Å²) in [5.74, 6) is 0.713. The van der Waals surface area contributed by atoms with Crippen molar-refractivity contribution in [2.45, 2.75) is 38.7 Å². The third kappa shape index (κ3) is 2.65. The zero-order chi connectivity index (χ0) is 10.7. The highest BCUT2D eigenvalue weighted by atomic mass is 16.5. The van der Waals surface area contributed by atoms with Gasteiger partial charge in [-0.3, -0.25) is 4.79 Å². The second kappa shape index (κ2) is 4.57. The monoisotopic (exact) mass is 209 g/mol. The van der Waals surface area contributed by atoms with Crippen LogP contribution in [0, 0.1) is 0 Å². The van der Waals surface area contributed by atoms with Crippen LogP contribution >= 0.6 is 0 Å². The minimum absolute atomic E-state index is 0.0144. The summed E-state index contributed by atoms with van der Waals surface area (Å²) in [7, 11) is 0. The lowest BCUT2D eigenvalue weighted by molar-refractivity contribution is -0.116. The summed E-state index contributed by atoms with van der Waals surface area (Å²) in [4.78, 5) is 15.1. The van der Waals surface area contributed by atoms with Crippen LogP contribution in [0.1, 0.15) is 43.9 Å². The van der Waals surface area contributed by atoms with Crippen molar-refractivity contribution in [3.8, 4) is 0 Å². The van der Waals surface area contributed by atoms with Crippen LogP contribution in [-0.2, 0) is 16.0 Å². The van der Waals surface area contributed by atoms with Gasteiger partial charge in [-0.1, -0.05) is 0 Å². The summed E-state index contributed by atoms with van der Waals surface area (Å²) >= 11 is 0. The number of carbonyl (C=O) groups excluding carboxylic acids is 1. The van der Waals surface area contributed by atoms with Gasteiger partial charge in [0.15, 0.2) is 0 Å². The molecule has 0 radical (unpaired) electrons. The molecule has 0 aliphatic carbocycles. The lowest BCUT2D eigenvalue weighted by Crippen LogP contribution is -2.11. The average molecular weight is 209 g/mol. The average Bonchev–Trinajstić information content (AvgIpc) is 2.67. The highest BCUT2D eigenvalue weighted by molar-refractivity contribution is 5.77. The number of rotatable bonds is 3. The van der Waals surface area contributed by atoms with Gasteiger partial charge in [-0.2, -0.15) is 0 Å². The van der Waals surface area contributed by atoms with Gasteiger partial charge < -0.3 is 9.15 Å². The molecule has 1 saturated heterocycles. The van der Waals surface area contributed by atoms with E-state index in [-0.39, 0.29) is 11.9 Å². The van der Waals surface area contributed by atoms with E-state index in [1.807, 2.05) is 0 Å². The van der Waals surface area contributed by atoms with Crippen LogP contribution in [0.3, 0.4) is 0 Å². The molecule has 1 aromatic heterocycles. The highest BCUT2D eigenvalue weighted by Gasteiger charge is 2.21. The number of oxazole rings is 1. The number of aromatic nitrogens is 1. The predicted octanol–water partition coefficient (Wildman–Crippen LogP) is 2.05. The Kier molecular flexibility index (Phi) is 3.16. The summed E-state index contributed by atoms with van der Waals surface area (Å²) in [6, 6.07) is 0. The lowest BCUT2D eigenvalue weighted by atomic mass is 10.1. The van der Waals surface area contributed by atoms with E-state index in [0.29, 0.717) is 18.0 Å². The standard InChI is InChI=1S/C11H15NO3/c1-8(13)6-9-7-15-11(12-9)10-4-2-3-5-14-10/h7,10H,2-6H2,1H3. The highest BCUT2D eigenvalue weighted by Crippen LogP contribution is 2.27. The molecule has 4 heteroatoms. The van der Waals surface area contributed by atoms with Crippen molar-refractivity contribution < 1.29 is 13.9 Å². The summed E-state index contributed by atoms with van der Waals surface area (Å²) < 4.78 is 10.9. The van der Waals surface area contributed by atoms with E-state index in [0.717, 1.165) is 25.9 Å². The first-order valence-corrected chi connectivity index (χ1v) is 5.31. The Morgan fingerprint density at radius 1 is 1.60 bits per heavy atom. The molecule has 1 atom stereocenters. The van der Waals surface area contributed by atoms with E-state index >= 15 is 0 Å². The summed E-state index contributed by atoms with van der Waals surface area (Å²) in [5, 5.41) is 0. The van der Waals surface area contributed by atoms with Crippen molar-refractivity contribution in [2.75, 3.05) is 6.61 Å².